The number of benzene rings is 2. The van der Waals surface area contributed by atoms with E-state index in [4.69, 9.17) is 4.74 Å². The molecule has 0 radical (unpaired) electrons. The number of carbonyl (C=O) groups excluding carboxylic acids is 1. The zero-order valence-electron chi connectivity index (χ0n) is 13.3. The van der Waals surface area contributed by atoms with Crippen LogP contribution in [0, 0.1) is 0 Å². The average Bonchev–Trinajstić information content (AvgIpc) is 3.15. The maximum Gasteiger partial charge on any atom is 0.237 e. The molecule has 2 aromatic carbocycles. The second-order valence-electron chi connectivity index (χ2n) is 5.80. The first-order valence-electron chi connectivity index (χ1n) is 8.01. The Labute approximate surface area is 136 Å². The van der Waals surface area contributed by atoms with Crippen molar-refractivity contribution in [1.29, 1.82) is 0 Å². The van der Waals surface area contributed by atoms with Crippen LogP contribution in [-0.4, -0.2) is 25.6 Å². The molecule has 1 atom stereocenters. The second kappa shape index (κ2) is 7.29. The molecule has 4 heteroatoms. The van der Waals surface area contributed by atoms with Crippen molar-refractivity contribution in [3.05, 3.63) is 54.1 Å². The smallest absolute Gasteiger partial charge is 0.237 e. The van der Waals surface area contributed by atoms with Gasteiger partial charge in [0, 0.05) is 6.54 Å². The topological polar surface area (TPSA) is 50.4 Å². The molecule has 2 aromatic rings. The Morgan fingerprint density at radius 2 is 2.04 bits per heavy atom. The zero-order valence-corrected chi connectivity index (χ0v) is 13.3. The highest BCUT2D eigenvalue weighted by atomic mass is 16.5. The van der Waals surface area contributed by atoms with E-state index in [9.17, 15) is 4.79 Å². The fraction of sp³-hybridized carbons (Fsp3) is 0.316. The summed E-state index contributed by atoms with van der Waals surface area (Å²) in [7, 11) is 1.67. The highest BCUT2D eigenvalue weighted by Crippen LogP contribution is 2.24. The molecule has 0 spiro atoms. The molecular formula is C19H22N2O2. The molecule has 2 N–H and O–H groups in total. The summed E-state index contributed by atoms with van der Waals surface area (Å²) in [6.45, 7) is 1.50. The molecular weight excluding hydrogens is 288 g/mol. The summed E-state index contributed by atoms with van der Waals surface area (Å²) in [5, 5.41) is 6.21. The van der Waals surface area contributed by atoms with Crippen LogP contribution in [0.4, 0.5) is 0 Å². The zero-order chi connectivity index (χ0) is 16.1. The van der Waals surface area contributed by atoms with Crippen molar-refractivity contribution in [2.75, 3.05) is 13.7 Å². The first kappa shape index (κ1) is 15.6. The number of amides is 1. The minimum absolute atomic E-state index is 0.0222. The molecule has 0 saturated carbocycles. The number of ether oxygens (including phenoxy) is 1. The van der Waals surface area contributed by atoms with Gasteiger partial charge < -0.3 is 15.4 Å². The largest absolute Gasteiger partial charge is 0.497 e. The first-order valence-corrected chi connectivity index (χ1v) is 8.01. The van der Waals surface area contributed by atoms with Crippen LogP contribution in [0.25, 0.3) is 11.1 Å². The molecule has 4 nitrogen and oxygen atoms in total. The molecule has 3 rings (SSSR count). The lowest BCUT2D eigenvalue weighted by Gasteiger charge is -2.11. The predicted molar refractivity (Wildman–Crippen MR) is 91.3 cm³/mol. The summed E-state index contributed by atoms with van der Waals surface area (Å²) in [4.78, 5) is 12.0. The third-order valence-corrected chi connectivity index (χ3v) is 4.20. The van der Waals surface area contributed by atoms with Gasteiger partial charge in [0.2, 0.25) is 5.91 Å². The molecule has 1 aliphatic heterocycles. The van der Waals surface area contributed by atoms with Crippen LogP contribution >= 0.6 is 0 Å². The van der Waals surface area contributed by atoms with Crippen LogP contribution in [0.5, 0.6) is 5.75 Å². The lowest BCUT2D eigenvalue weighted by atomic mass is 10.0. The summed E-state index contributed by atoms with van der Waals surface area (Å²) in [6, 6.07) is 16.2. The molecule has 1 saturated heterocycles. The second-order valence-corrected chi connectivity index (χ2v) is 5.80. The molecule has 0 bridgehead atoms. The number of methoxy groups -OCH3 is 1. The van der Waals surface area contributed by atoms with E-state index in [1.54, 1.807) is 7.11 Å². The quantitative estimate of drug-likeness (QED) is 0.893. The van der Waals surface area contributed by atoms with Gasteiger partial charge in [-0.15, -0.1) is 0 Å². The molecule has 0 aliphatic carbocycles. The summed E-state index contributed by atoms with van der Waals surface area (Å²) < 4.78 is 5.26. The summed E-state index contributed by atoms with van der Waals surface area (Å²) in [6.07, 6.45) is 2.01. The van der Waals surface area contributed by atoms with Gasteiger partial charge in [-0.25, -0.2) is 0 Å². The maximum absolute atomic E-state index is 12.0. The van der Waals surface area contributed by atoms with Crippen molar-refractivity contribution in [3.63, 3.8) is 0 Å². The van der Waals surface area contributed by atoms with Gasteiger partial charge >= 0.3 is 0 Å². The Hall–Kier alpha value is -2.33. The highest BCUT2D eigenvalue weighted by Gasteiger charge is 2.21. The summed E-state index contributed by atoms with van der Waals surface area (Å²) in [5.74, 6) is 0.947. The van der Waals surface area contributed by atoms with Crippen molar-refractivity contribution in [2.24, 2.45) is 0 Å². The Bertz CT molecular complexity index is 661. The lowest BCUT2D eigenvalue weighted by Crippen LogP contribution is -2.39. The normalized spacial score (nSPS) is 17.0. The molecule has 1 fully saturated rings. The molecule has 120 valence electrons. The standard InChI is InChI=1S/C19H22N2O2/c1-23-17-5-2-4-16(12-17)15-9-7-14(8-10-15)13-21-19(22)18-6-3-11-20-18/h2,4-5,7-10,12,18,20H,3,6,11,13H2,1H3,(H,21,22). The molecule has 1 aliphatic rings. The van der Waals surface area contributed by atoms with Crippen LogP contribution in [0.2, 0.25) is 0 Å². The van der Waals surface area contributed by atoms with Gasteiger partial charge in [-0.2, -0.15) is 0 Å². The maximum atomic E-state index is 12.0. The van der Waals surface area contributed by atoms with E-state index in [-0.39, 0.29) is 11.9 Å². The predicted octanol–water partition coefficient (Wildman–Crippen LogP) is 2.73. The van der Waals surface area contributed by atoms with Gasteiger partial charge in [0.25, 0.3) is 0 Å². The number of hydrogen-bond acceptors (Lipinski definition) is 3. The summed E-state index contributed by atoms with van der Waals surface area (Å²) >= 11 is 0. The van der Waals surface area contributed by atoms with E-state index >= 15 is 0 Å². The Morgan fingerprint density at radius 1 is 1.22 bits per heavy atom. The van der Waals surface area contributed by atoms with Gasteiger partial charge in [0.05, 0.1) is 13.2 Å². The molecule has 1 heterocycles. The van der Waals surface area contributed by atoms with Crippen molar-refractivity contribution in [2.45, 2.75) is 25.4 Å². The molecule has 1 unspecified atom stereocenters. The fourth-order valence-electron chi connectivity index (χ4n) is 2.84. The van der Waals surface area contributed by atoms with Crippen molar-refractivity contribution >= 4 is 5.91 Å². The van der Waals surface area contributed by atoms with Gasteiger partial charge in [-0.3, -0.25) is 4.79 Å². The number of nitrogens with one attached hydrogen (secondary N) is 2. The van der Waals surface area contributed by atoms with Crippen LogP contribution in [0.3, 0.4) is 0 Å². The number of carbonyl (C=O) groups is 1. The van der Waals surface area contributed by atoms with E-state index in [2.05, 4.69) is 41.0 Å². The van der Waals surface area contributed by atoms with Crippen molar-refractivity contribution < 1.29 is 9.53 Å². The van der Waals surface area contributed by atoms with Gasteiger partial charge in [-0.1, -0.05) is 36.4 Å². The number of rotatable bonds is 5. The van der Waals surface area contributed by atoms with Crippen molar-refractivity contribution in [1.82, 2.24) is 10.6 Å². The SMILES string of the molecule is COc1cccc(-c2ccc(CNC(=O)C3CCCN3)cc2)c1. The Morgan fingerprint density at radius 3 is 2.74 bits per heavy atom. The molecule has 0 aromatic heterocycles. The van der Waals surface area contributed by atoms with E-state index < -0.39 is 0 Å². The van der Waals surface area contributed by atoms with Gasteiger partial charge in [-0.05, 0) is 48.2 Å². The minimum Gasteiger partial charge on any atom is -0.497 e. The third-order valence-electron chi connectivity index (χ3n) is 4.20. The number of hydrogen-bond donors (Lipinski definition) is 2. The lowest BCUT2D eigenvalue weighted by molar-refractivity contribution is -0.122. The minimum atomic E-state index is -0.0222. The van der Waals surface area contributed by atoms with E-state index in [1.165, 1.54) is 0 Å². The van der Waals surface area contributed by atoms with E-state index in [1.807, 2.05) is 18.2 Å². The van der Waals surface area contributed by atoms with Gasteiger partial charge in [0.1, 0.15) is 5.75 Å². The van der Waals surface area contributed by atoms with Crippen LogP contribution in [-0.2, 0) is 11.3 Å². The van der Waals surface area contributed by atoms with Crippen molar-refractivity contribution in [3.8, 4) is 16.9 Å². The van der Waals surface area contributed by atoms with Gasteiger partial charge in [0.15, 0.2) is 0 Å². The fourth-order valence-corrected chi connectivity index (χ4v) is 2.84. The Balaban J connectivity index is 1.61. The highest BCUT2D eigenvalue weighted by molar-refractivity contribution is 5.82. The van der Waals surface area contributed by atoms with E-state index in [0.717, 1.165) is 41.8 Å². The molecule has 1 amide bonds. The monoisotopic (exact) mass is 310 g/mol. The Kier molecular flexibility index (Phi) is 4.93. The van der Waals surface area contributed by atoms with Crippen LogP contribution in [0.1, 0.15) is 18.4 Å². The first-order chi connectivity index (χ1) is 11.3. The van der Waals surface area contributed by atoms with E-state index in [0.29, 0.717) is 6.54 Å². The third kappa shape index (κ3) is 3.90. The van der Waals surface area contributed by atoms with Crippen LogP contribution < -0.4 is 15.4 Å². The molecule has 23 heavy (non-hydrogen) atoms. The van der Waals surface area contributed by atoms with Crippen LogP contribution in [0.15, 0.2) is 48.5 Å². The average molecular weight is 310 g/mol. The summed E-state index contributed by atoms with van der Waals surface area (Å²) in [5.41, 5.74) is 3.36.